The van der Waals surface area contributed by atoms with Gasteiger partial charge in [-0.25, -0.2) is 14.2 Å². The van der Waals surface area contributed by atoms with E-state index in [1.54, 1.807) is 37.3 Å². The lowest BCUT2D eigenvalue weighted by molar-refractivity contribution is 0.0532. The predicted octanol–water partition coefficient (Wildman–Crippen LogP) is 5.75. The minimum Gasteiger partial charge on any atom is -0.507 e. The maximum atomic E-state index is 13.2. The van der Waals surface area contributed by atoms with Gasteiger partial charge in [0.15, 0.2) is 5.13 Å². The Bertz CT molecular complexity index is 1300. The first-order valence-corrected chi connectivity index (χ1v) is 10.9. The first kappa shape index (κ1) is 22.2. The number of halogens is 1. The molecule has 0 atom stereocenters. The lowest BCUT2D eigenvalue weighted by Crippen LogP contribution is -2.12. The van der Waals surface area contributed by atoms with E-state index in [4.69, 9.17) is 4.74 Å². The third-order valence-electron chi connectivity index (χ3n) is 4.77. The molecule has 166 valence electrons. The van der Waals surface area contributed by atoms with Crippen LogP contribution in [0.15, 0.2) is 72.8 Å². The van der Waals surface area contributed by atoms with Crippen molar-refractivity contribution in [1.29, 1.82) is 0 Å². The van der Waals surface area contributed by atoms with Crippen molar-refractivity contribution in [3.05, 3.63) is 89.1 Å². The Balaban J connectivity index is 1.65. The molecule has 4 aromatic rings. The minimum atomic E-state index is -0.597. The van der Waals surface area contributed by atoms with Crippen molar-refractivity contribution in [3.63, 3.8) is 0 Å². The number of thiazole rings is 1. The lowest BCUT2D eigenvalue weighted by Gasteiger charge is -2.08. The summed E-state index contributed by atoms with van der Waals surface area (Å²) >= 11 is 0.993. The van der Waals surface area contributed by atoms with Crippen molar-refractivity contribution in [2.75, 3.05) is 11.9 Å². The number of carbonyl (C=O) groups excluding carboxylic acids is 2. The summed E-state index contributed by atoms with van der Waals surface area (Å²) in [5.41, 5.74) is 2.45. The molecule has 0 radical (unpaired) electrons. The summed E-state index contributed by atoms with van der Waals surface area (Å²) in [6, 6.07) is 19.5. The van der Waals surface area contributed by atoms with Crippen LogP contribution in [0.3, 0.4) is 0 Å². The van der Waals surface area contributed by atoms with Crippen LogP contribution in [-0.2, 0) is 4.74 Å². The molecule has 2 N–H and O–H groups in total. The number of ether oxygens (including phenoxy) is 1. The first-order valence-electron chi connectivity index (χ1n) is 10.1. The Morgan fingerprint density at radius 2 is 1.70 bits per heavy atom. The Hall–Kier alpha value is -4.04. The van der Waals surface area contributed by atoms with E-state index in [0.717, 1.165) is 11.3 Å². The molecule has 1 heterocycles. The Morgan fingerprint density at radius 3 is 2.39 bits per heavy atom. The van der Waals surface area contributed by atoms with Gasteiger partial charge in [0.05, 0.1) is 17.9 Å². The van der Waals surface area contributed by atoms with Crippen molar-refractivity contribution in [3.8, 4) is 28.1 Å². The molecule has 0 bridgehead atoms. The van der Waals surface area contributed by atoms with Gasteiger partial charge in [-0.1, -0.05) is 59.9 Å². The molecule has 1 aromatic heterocycles. The molecular weight excluding hydrogens is 443 g/mol. The highest BCUT2D eigenvalue weighted by Crippen LogP contribution is 2.33. The van der Waals surface area contributed by atoms with E-state index in [-0.39, 0.29) is 33.7 Å². The van der Waals surface area contributed by atoms with Gasteiger partial charge in [-0.2, -0.15) is 0 Å². The summed E-state index contributed by atoms with van der Waals surface area (Å²) < 4.78 is 18.4. The fourth-order valence-corrected chi connectivity index (χ4v) is 4.08. The Labute approximate surface area is 193 Å². The highest BCUT2D eigenvalue weighted by atomic mass is 32.1. The summed E-state index contributed by atoms with van der Waals surface area (Å²) in [6.07, 6.45) is 0. The van der Waals surface area contributed by atoms with Gasteiger partial charge in [-0.3, -0.25) is 10.1 Å². The topological polar surface area (TPSA) is 88.5 Å². The molecule has 4 rings (SSSR count). The number of carbonyl (C=O) groups is 2. The molecule has 33 heavy (non-hydrogen) atoms. The van der Waals surface area contributed by atoms with Crippen LogP contribution >= 0.6 is 11.3 Å². The number of aromatic hydroxyl groups is 1. The number of esters is 1. The van der Waals surface area contributed by atoms with E-state index in [9.17, 15) is 19.1 Å². The molecule has 0 aliphatic rings. The second kappa shape index (κ2) is 9.62. The number of hydrogen-bond acceptors (Lipinski definition) is 6. The predicted molar refractivity (Wildman–Crippen MR) is 125 cm³/mol. The molecule has 6 nitrogen and oxygen atoms in total. The monoisotopic (exact) mass is 462 g/mol. The second-order valence-electron chi connectivity index (χ2n) is 6.98. The van der Waals surface area contributed by atoms with E-state index in [1.807, 2.05) is 18.2 Å². The average molecular weight is 463 g/mol. The third-order valence-corrected chi connectivity index (χ3v) is 5.73. The fourth-order valence-electron chi connectivity index (χ4n) is 3.20. The van der Waals surface area contributed by atoms with Crippen LogP contribution < -0.4 is 5.32 Å². The summed E-state index contributed by atoms with van der Waals surface area (Å²) in [5, 5.41) is 13.1. The van der Waals surface area contributed by atoms with Gasteiger partial charge in [0.1, 0.15) is 16.4 Å². The van der Waals surface area contributed by atoms with Crippen LogP contribution in [0.1, 0.15) is 27.0 Å². The van der Waals surface area contributed by atoms with Crippen molar-refractivity contribution >= 4 is 28.3 Å². The van der Waals surface area contributed by atoms with Crippen LogP contribution in [0, 0.1) is 5.82 Å². The number of benzene rings is 3. The maximum absolute atomic E-state index is 13.2. The van der Waals surface area contributed by atoms with E-state index < -0.39 is 11.9 Å². The van der Waals surface area contributed by atoms with E-state index in [1.165, 1.54) is 24.3 Å². The first-order chi connectivity index (χ1) is 16.0. The van der Waals surface area contributed by atoms with Crippen LogP contribution in [0.25, 0.3) is 22.4 Å². The quantitative estimate of drug-likeness (QED) is 0.356. The Kier molecular flexibility index (Phi) is 6.46. The molecule has 0 saturated heterocycles. The van der Waals surface area contributed by atoms with Crippen LogP contribution in [0.5, 0.6) is 5.75 Å². The number of phenols is 1. The number of phenolic OH excluding ortho intramolecular Hbond substituents is 1. The molecule has 0 aliphatic carbocycles. The highest BCUT2D eigenvalue weighted by Gasteiger charge is 2.22. The SMILES string of the molecule is CCOC(=O)c1sc(NC(=O)c2cc(-c3ccc(F)cc3)ccc2O)nc1-c1ccccc1. The number of nitrogens with one attached hydrogen (secondary N) is 1. The van der Waals surface area contributed by atoms with Gasteiger partial charge < -0.3 is 9.84 Å². The summed E-state index contributed by atoms with van der Waals surface area (Å²) in [5.74, 6) is -1.72. The van der Waals surface area contributed by atoms with Gasteiger partial charge >= 0.3 is 5.97 Å². The van der Waals surface area contributed by atoms with E-state index in [2.05, 4.69) is 10.3 Å². The van der Waals surface area contributed by atoms with Crippen molar-refractivity contribution < 1.29 is 23.8 Å². The number of nitrogens with zero attached hydrogens (tertiary/aromatic N) is 1. The van der Waals surface area contributed by atoms with Gasteiger partial charge in [0.25, 0.3) is 5.91 Å². The number of hydrogen-bond donors (Lipinski definition) is 2. The van der Waals surface area contributed by atoms with Crippen LogP contribution in [-0.4, -0.2) is 28.6 Å². The third kappa shape index (κ3) is 4.91. The number of rotatable bonds is 6. The van der Waals surface area contributed by atoms with Crippen LogP contribution in [0.4, 0.5) is 9.52 Å². The molecule has 0 unspecified atom stereocenters. The van der Waals surface area contributed by atoms with Gasteiger partial charge in [-0.05, 0) is 42.3 Å². The molecule has 0 aliphatic heterocycles. The van der Waals surface area contributed by atoms with Crippen molar-refractivity contribution in [1.82, 2.24) is 4.98 Å². The summed E-state index contributed by atoms with van der Waals surface area (Å²) in [4.78, 5) is 30.1. The zero-order chi connectivity index (χ0) is 23.4. The zero-order valence-corrected chi connectivity index (χ0v) is 18.4. The summed E-state index contributed by atoms with van der Waals surface area (Å²) in [6.45, 7) is 1.91. The largest absolute Gasteiger partial charge is 0.507 e. The molecule has 0 fully saturated rings. The molecule has 3 aromatic carbocycles. The smallest absolute Gasteiger partial charge is 0.350 e. The standard InChI is InChI=1S/C25H19FN2O4S/c1-2-32-24(31)22-21(16-6-4-3-5-7-16)27-25(33-22)28-23(30)19-14-17(10-13-20(19)29)15-8-11-18(26)12-9-15/h3-14,29H,2H2,1H3,(H,27,28,30). The highest BCUT2D eigenvalue weighted by molar-refractivity contribution is 7.18. The second-order valence-corrected chi connectivity index (χ2v) is 7.98. The van der Waals surface area contributed by atoms with Gasteiger partial charge in [0, 0.05) is 5.56 Å². The van der Waals surface area contributed by atoms with E-state index in [0.29, 0.717) is 22.4 Å². The number of amides is 1. The lowest BCUT2D eigenvalue weighted by atomic mass is 10.0. The normalized spacial score (nSPS) is 10.6. The molecule has 0 spiro atoms. The molecular formula is C25H19FN2O4S. The zero-order valence-electron chi connectivity index (χ0n) is 17.5. The molecule has 8 heteroatoms. The Morgan fingerprint density at radius 1 is 1.00 bits per heavy atom. The number of anilines is 1. The average Bonchev–Trinajstić information content (AvgIpc) is 3.24. The fraction of sp³-hybridized carbons (Fsp3) is 0.0800. The van der Waals surface area contributed by atoms with Crippen molar-refractivity contribution in [2.45, 2.75) is 6.92 Å². The van der Waals surface area contributed by atoms with Crippen molar-refractivity contribution in [2.24, 2.45) is 0 Å². The number of aromatic nitrogens is 1. The van der Waals surface area contributed by atoms with Gasteiger partial charge in [-0.15, -0.1) is 0 Å². The molecule has 0 saturated carbocycles. The maximum Gasteiger partial charge on any atom is 0.350 e. The molecule has 1 amide bonds. The van der Waals surface area contributed by atoms with Gasteiger partial charge in [0.2, 0.25) is 0 Å². The van der Waals surface area contributed by atoms with E-state index >= 15 is 0 Å². The van der Waals surface area contributed by atoms with Crippen LogP contribution in [0.2, 0.25) is 0 Å². The minimum absolute atomic E-state index is 0.0194. The summed E-state index contributed by atoms with van der Waals surface area (Å²) in [7, 11) is 0.